The molecule has 7 nitrogen and oxygen atoms in total. The summed E-state index contributed by atoms with van der Waals surface area (Å²) in [6.45, 7) is 1.88. The summed E-state index contributed by atoms with van der Waals surface area (Å²) in [6, 6.07) is 6.86. The van der Waals surface area contributed by atoms with Crippen LogP contribution in [0.4, 0.5) is 17.1 Å². The summed E-state index contributed by atoms with van der Waals surface area (Å²) < 4.78 is 7.22. The summed E-state index contributed by atoms with van der Waals surface area (Å²) in [5.74, 6) is 2.67. The number of pyridine rings is 1. The van der Waals surface area contributed by atoms with Gasteiger partial charge in [0.05, 0.1) is 6.04 Å². The van der Waals surface area contributed by atoms with Crippen molar-refractivity contribution >= 4 is 28.8 Å². The van der Waals surface area contributed by atoms with Crippen molar-refractivity contribution in [1.82, 2.24) is 4.57 Å². The number of anilines is 3. The summed E-state index contributed by atoms with van der Waals surface area (Å²) in [4.78, 5) is 36.7. The van der Waals surface area contributed by atoms with Gasteiger partial charge < -0.3 is 19.6 Å². The van der Waals surface area contributed by atoms with E-state index in [1.54, 1.807) is 25.4 Å². The molecule has 152 valence electrons. The molecule has 4 rings (SSSR count). The summed E-state index contributed by atoms with van der Waals surface area (Å²) in [6.07, 6.45) is 4.73. The number of furan rings is 1. The molecule has 0 amide bonds. The zero-order chi connectivity index (χ0) is 20.5. The minimum absolute atomic E-state index is 0.130. The molecule has 1 aliphatic heterocycles. The Morgan fingerprint density at radius 2 is 2.00 bits per heavy atom. The molecule has 0 saturated carbocycles. The van der Waals surface area contributed by atoms with Crippen molar-refractivity contribution in [2.75, 3.05) is 16.4 Å². The zero-order valence-electron chi connectivity index (χ0n) is 16.4. The highest BCUT2D eigenvalue weighted by molar-refractivity contribution is 8.00. The zero-order valence-corrected chi connectivity index (χ0v) is 17.2. The van der Waals surface area contributed by atoms with Gasteiger partial charge in [0.1, 0.15) is 28.6 Å². The molecule has 0 spiro atoms. The largest absolute Gasteiger partial charge is 0.464 e. The molecule has 0 aliphatic carbocycles. The van der Waals surface area contributed by atoms with Crippen molar-refractivity contribution in [3.05, 3.63) is 72.8 Å². The lowest BCUT2D eigenvalue weighted by molar-refractivity contribution is 0.443. The van der Waals surface area contributed by atoms with Crippen LogP contribution < -0.4 is 27.1 Å². The lowest BCUT2D eigenvalue weighted by Crippen LogP contribution is -2.38. The molecule has 1 aromatic carbocycles. The maximum absolute atomic E-state index is 12.3. The molecule has 2 aromatic heterocycles. The Morgan fingerprint density at radius 1 is 1.21 bits per heavy atom. The van der Waals surface area contributed by atoms with E-state index >= 15 is 0 Å². The first kappa shape index (κ1) is 19.6. The third-order valence-electron chi connectivity index (χ3n) is 5.24. The van der Waals surface area contributed by atoms with Gasteiger partial charge in [0, 0.05) is 18.5 Å². The predicted molar refractivity (Wildman–Crippen MR) is 116 cm³/mol. The van der Waals surface area contributed by atoms with Crippen molar-refractivity contribution in [2.24, 2.45) is 7.05 Å². The standard InChI is InChI=1S/C21H23N3O4S/c1-12-7-8-16(28-12)15(11-13-5-4-10-29-13)23-18-17(19(25)20(18)26)22-14-6-3-9-24(2)21(14)27/h3,6-9,13,15,22-23H,4-5,10-11H2,1-2H3. The summed E-state index contributed by atoms with van der Waals surface area (Å²) in [7, 11) is 1.63. The Hall–Kier alpha value is -2.74. The topological polar surface area (TPSA) is 93.3 Å². The second kappa shape index (κ2) is 7.94. The minimum Gasteiger partial charge on any atom is -0.464 e. The van der Waals surface area contributed by atoms with E-state index in [0.29, 0.717) is 5.25 Å². The van der Waals surface area contributed by atoms with E-state index in [0.717, 1.165) is 30.1 Å². The van der Waals surface area contributed by atoms with Crippen LogP contribution in [0.5, 0.6) is 0 Å². The highest BCUT2D eigenvalue weighted by Crippen LogP contribution is 2.36. The molecule has 3 aromatic rings. The molecular formula is C21H23N3O4S. The van der Waals surface area contributed by atoms with E-state index in [2.05, 4.69) is 10.6 Å². The van der Waals surface area contributed by atoms with Gasteiger partial charge in [0.25, 0.3) is 16.4 Å². The maximum atomic E-state index is 12.3. The number of rotatable bonds is 7. The smallest absolute Gasteiger partial charge is 0.273 e. The molecule has 1 aliphatic rings. The van der Waals surface area contributed by atoms with Crippen LogP contribution in [0.3, 0.4) is 0 Å². The van der Waals surface area contributed by atoms with Gasteiger partial charge in [-0.25, -0.2) is 0 Å². The first-order valence-electron chi connectivity index (χ1n) is 9.64. The van der Waals surface area contributed by atoms with Crippen molar-refractivity contribution in [2.45, 2.75) is 37.5 Å². The summed E-state index contributed by atoms with van der Waals surface area (Å²) >= 11 is 1.92. The van der Waals surface area contributed by atoms with Crippen LogP contribution in [0.25, 0.3) is 0 Å². The number of nitrogens with zero attached hydrogens (tertiary/aromatic N) is 1. The third-order valence-corrected chi connectivity index (χ3v) is 6.66. The fourth-order valence-electron chi connectivity index (χ4n) is 3.63. The number of aromatic nitrogens is 1. The van der Waals surface area contributed by atoms with Crippen LogP contribution >= 0.6 is 11.8 Å². The van der Waals surface area contributed by atoms with Gasteiger partial charge in [-0.3, -0.25) is 14.4 Å². The van der Waals surface area contributed by atoms with Crippen molar-refractivity contribution in [3.63, 3.8) is 0 Å². The average molecular weight is 413 g/mol. The average Bonchev–Trinajstić information content (AvgIpc) is 3.38. The Bertz CT molecular complexity index is 1150. The van der Waals surface area contributed by atoms with Crippen LogP contribution in [-0.4, -0.2) is 15.6 Å². The molecule has 0 radical (unpaired) electrons. The first-order valence-corrected chi connectivity index (χ1v) is 10.7. The van der Waals surface area contributed by atoms with Gasteiger partial charge >= 0.3 is 0 Å². The van der Waals surface area contributed by atoms with Gasteiger partial charge in [-0.15, -0.1) is 0 Å². The predicted octanol–water partition coefficient (Wildman–Crippen LogP) is 3.07. The molecular weight excluding hydrogens is 390 g/mol. The highest BCUT2D eigenvalue weighted by atomic mass is 32.2. The molecule has 29 heavy (non-hydrogen) atoms. The second-order valence-corrected chi connectivity index (χ2v) is 8.80. The van der Waals surface area contributed by atoms with Gasteiger partial charge in [-0.05, 0) is 56.2 Å². The number of aryl methyl sites for hydroxylation is 2. The van der Waals surface area contributed by atoms with Crippen LogP contribution in [0.15, 0.2) is 49.3 Å². The quantitative estimate of drug-likeness (QED) is 0.575. The van der Waals surface area contributed by atoms with E-state index in [1.165, 1.54) is 11.0 Å². The molecule has 3 heterocycles. The fraction of sp³-hybridized carbons (Fsp3) is 0.381. The lowest BCUT2D eigenvalue weighted by Gasteiger charge is -2.23. The SMILES string of the molecule is Cc1ccc(C(CC2CCCS2)Nc2c(Nc3cccn(C)c3=O)c(=O)c2=O)o1. The molecule has 2 unspecified atom stereocenters. The molecule has 1 fully saturated rings. The monoisotopic (exact) mass is 413 g/mol. The maximum Gasteiger partial charge on any atom is 0.273 e. The Morgan fingerprint density at radius 3 is 2.69 bits per heavy atom. The highest BCUT2D eigenvalue weighted by Gasteiger charge is 2.29. The molecule has 2 N–H and O–H groups in total. The van der Waals surface area contributed by atoms with E-state index in [4.69, 9.17) is 4.42 Å². The van der Waals surface area contributed by atoms with Gasteiger partial charge in [0.15, 0.2) is 0 Å². The number of hydrogen-bond acceptors (Lipinski definition) is 7. The van der Waals surface area contributed by atoms with Crippen molar-refractivity contribution < 1.29 is 4.42 Å². The van der Waals surface area contributed by atoms with Crippen LogP contribution in [0.1, 0.15) is 36.8 Å². The number of hydrogen-bond donors (Lipinski definition) is 2. The molecule has 2 atom stereocenters. The Labute approximate surface area is 171 Å². The van der Waals surface area contributed by atoms with E-state index < -0.39 is 10.9 Å². The molecule has 0 bridgehead atoms. The Kier molecular flexibility index (Phi) is 5.36. The third kappa shape index (κ3) is 3.89. The van der Waals surface area contributed by atoms with Crippen LogP contribution in [0, 0.1) is 6.92 Å². The van der Waals surface area contributed by atoms with E-state index in [1.807, 2.05) is 30.8 Å². The number of thioether (sulfide) groups is 1. The normalized spacial score (nSPS) is 17.5. The first-order chi connectivity index (χ1) is 13.9. The fourth-order valence-corrected chi connectivity index (χ4v) is 4.96. The molecule has 8 heteroatoms. The van der Waals surface area contributed by atoms with Gasteiger partial charge in [-0.1, -0.05) is 0 Å². The second-order valence-electron chi connectivity index (χ2n) is 7.39. The van der Waals surface area contributed by atoms with E-state index in [-0.39, 0.29) is 28.7 Å². The Balaban J connectivity index is 1.62. The van der Waals surface area contributed by atoms with Crippen molar-refractivity contribution in [3.8, 4) is 0 Å². The minimum atomic E-state index is -0.622. The van der Waals surface area contributed by atoms with Crippen LogP contribution in [-0.2, 0) is 7.05 Å². The van der Waals surface area contributed by atoms with Gasteiger partial charge in [0.2, 0.25) is 0 Å². The summed E-state index contributed by atoms with van der Waals surface area (Å²) in [5.41, 5.74) is -0.877. The van der Waals surface area contributed by atoms with E-state index in [9.17, 15) is 14.4 Å². The summed E-state index contributed by atoms with van der Waals surface area (Å²) in [5, 5.41) is 6.55. The number of nitrogens with one attached hydrogen (secondary N) is 2. The lowest BCUT2D eigenvalue weighted by atomic mass is 10.0. The van der Waals surface area contributed by atoms with Crippen molar-refractivity contribution in [1.29, 1.82) is 0 Å². The van der Waals surface area contributed by atoms with Crippen LogP contribution in [0.2, 0.25) is 0 Å². The molecule has 1 saturated heterocycles. The van der Waals surface area contributed by atoms with Gasteiger partial charge in [-0.2, -0.15) is 11.8 Å².